The highest BCUT2D eigenvalue weighted by atomic mass is 16.4. The number of carboxylic acid groups (broad SMARTS) is 2. The fourth-order valence-corrected chi connectivity index (χ4v) is 1.46. The molecule has 2 unspecified atom stereocenters. The lowest BCUT2D eigenvalue weighted by molar-refractivity contribution is -0.143. The molecule has 1 aliphatic heterocycles. The van der Waals surface area contributed by atoms with Gasteiger partial charge in [-0.05, 0) is 6.42 Å². The van der Waals surface area contributed by atoms with E-state index in [9.17, 15) is 9.59 Å². The Bertz CT molecular complexity index is 231. The number of piperidine rings is 1. The Morgan fingerprint density at radius 3 is 2.38 bits per heavy atom. The van der Waals surface area contributed by atoms with E-state index in [1.54, 1.807) is 0 Å². The first-order valence-corrected chi connectivity index (χ1v) is 3.98. The molecular formula is C7H12N2O4. The molecule has 0 aromatic carbocycles. The Hall–Kier alpha value is -1.30. The lowest BCUT2D eigenvalue weighted by Gasteiger charge is -2.32. The minimum Gasteiger partial charge on any atom is -0.481 e. The molecule has 1 rings (SSSR count). The molecule has 6 heteroatoms. The van der Waals surface area contributed by atoms with E-state index in [0.717, 1.165) is 4.90 Å². The monoisotopic (exact) mass is 188 g/mol. The molecule has 1 fully saturated rings. The first kappa shape index (κ1) is 9.79. The van der Waals surface area contributed by atoms with E-state index in [1.165, 1.54) is 0 Å². The average Bonchev–Trinajstić information content (AvgIpc) is 2.03. The number of hydrogen-bond donors (Lipinski definition) is 3. The number of rotatable bonds is 1. The Morgan fingerprint density at radius 2 is 2.00 bits per heavy atom. The van der Waals surface area contributed by atoms with E-state index in [1.807, 2.05) is 0 Å². The average molecular weight is 188 g/mol. The number of carbonyl (C=O) groups is 2. The summed E-state index contributed by atoms with van der Waals surface area (Å²) in [5, 5.41) is 17.3. The van der Waals surface area contributed by atoms with Crippen LogP contribution in [0, 0.1) is 5.92 Å². The summed E-state index contributed by atoms with van der Waals surface area (Å²) in [4.78, 5) is 22.2. The summed E-state index contributed by atoms with van der Waals surface area (Å²) in [6, 6.07) is -0.595. The maximum Gasteiger partial charge on any atom is 0.407 e. The van der Waals surface area contributed by atoms with E-state index in [4.69, 9.17) is 15.9 Å². The molecule has 0 bridgehead atoms. The molecule has 0 aliphatic carbocycles. The summed E-state index contributed by atoms with van der Waals surface area (Å²) in [6.07, 6.45) is -0.748. The zero-order valence-corrected chi connectivity index (χ0v) is 7.01. The molecule has 0 aromatic rings. The highest BCUT2D eigenvalue weighted by molar-refractivity contribution is 5.72. The van der Waals surface area contributed by atoms with Crippen LogP contribution in [0.25, 0.3) is 0 Å². The van der Waals surface area contributed by atoms with Crippen molar-refractivity contribution in [3.8, 4) is 0 Å². The van der Waals surface area contributed by atoms with E-state index < -0.39 is 24.0 Å². The van der Waals surface area contributed by atoms with Crippen LogP contribution in [-0.4, -0.2) is 46.3 Å². The van der Waals surface area contributed by atoms with Crippen LogP contribution in [0.5, 0.6) is 0 Å². The molecular weight excluding hydrogens is 176 g/mol. The summed E-state index contributed by atoms with van der Waals surface area (Å²) in [6.45, 7) is 0.353. The first-order chi connectivity index (χ1) is 6.02. The van der Waals surface area contributed by atoms with Gasteiger partial charge >= 0.3 is 12.1 Å². The van der Waals surface area contributed by atoms with Gasteiger partial charge < -0.3 is 20.8 Å². The fourth-order valence-electron chi connectivity index (χ4n) is 1.46. The van der Waals surface area contributed by atoms with Crippen molar-refractivity contribution < 1.29 is 19.8 Å². The van der Waals surface area contributed by atoms with Gasteiger partial charge in [-0.25, -0.2) is 4.79 Å². The molecule has 74 valence electrons. The van der Waals surface area contributed by atoms with Gasteiger partial charge in [-0.15, -0.1) is 0 Å². The third-order valence-corrected chi connectivity index (χ3v) is 2.25. The predicted octanol–water partition coefficient (Wildman–Crippen LogP) is -0.602. The van der Waals surface area contributed by atoms with Gasteiger partial charge in [0.05, 0.1) is 5.92 Å². The lowest BCUT2D eigenvalue weighted by atomic mass is 9.93. The molecule has 0 radical (unpaired) electrons. The maximum atomic E-state index is 10.6. The van der Waals surface area contributed by atoms with Crippen LogP contribution in [0.2, 0.25) is 0 Å². The Morgan fingerprint density at radius 1 is 1.38 bits per heavy atom. The smallest absolute Gasteiger partial charge is 0.407 e. The quantitative estimate of drug-likeness (QED) is 0.509. The van der Waals surface area contributed by atoms with Gasteiger partial charge in [0.25, 0.3) is 0 Å². The molecule has 2 atom stereocenters. The molecule has 0 spiro atoms. The largest absolute Gasteiger partial charge is 0.481 e. The third kappa shape index (κ3) is 2.09. The summed E-state index contributed by atoms with van der Waals surface area (Å²) in [7, 11) is 0. The van der Waals surface area contributed by atoms with Crippen LogP contribution in [0.15, 0.2) is 0 Å². The first-order valence-electron chi connectivity index (χ1n) is 3.98. The van der Waals surface area contributed by atoms with Gasteiger partial charge in [-0.3, -0.25) is 4.79 Å². The Labute approximate surface area is 74.9 Å². The van der Waals surface area contributed by atoms with Gasteiger partial charge in [-0.2, -0.15) is 0 Å². The summed E-state index contributed by atoms with van der Waals surface area (Å²) < 4.78 is 0. The number of hydrogen-bond acceptors (Lipinski definition) is 3. The predicted molar refractivity (Wildman–Crippen MR) is 43.3 cm³/mol. The van der Waals surface area contributed by atoms with Gasteiger partial charge in [0, 0.05) is 19.1 Å². The maximum absolute atomic E-state index is 10.6. The number of aliphatic carboxylic acids is 1. The summed E-state index contributed by atoms with van der Waals surface area (Å²) >= 11 is 0. The van der Waals surface area contributed by atoms with Crippen molar-refractivity contribution in [2.45, 2.75) is 12.5 Å². The van der Waals surface area contributed by atoms with E-state index >= 15 is 0 Å². The SMILES string of the molecule is NC1CN(C(=O)O)CCC1C(=O)O. The van der Waals surface area contributed by atoms with Crippen molar-refractivity contribution in [2.75, 3.05) is 13.1 Å². The molecule has 0 saturated carbocycles. The van der Waals surface area contributed by atoms with Crippen LogP contribution in [-0.2, 0) is 4.79 Å². The van der Waals surface area contributed by atoms with Crippen molar-refractivity contribution in [1.82, 2.24) is 4.90 Å². The number of nitrogens with two attached hydrogens (primary N) is 1. The third-order valence-electron chi connectivity index (χ3n) is 2.25. The number of carboxylic acids is 1. The normalized spacial score (nSPS) is 28.5. The van der Waals surface area contributed by atoms with Gasteiger partial charge in [-0.1, -0.05) is 0 Å². The van der Waals surface area contributed by atoms with Crippen molar-refractivity contribution in [1.29, 1.82) is 0 Å². The second-order valence-corrected chi connectivity index (χ2v) is 3.13. The van der Waals surface area contributed by atoms with Crippen molar-refractivity contribution in [3.63, 3.8) is 0 Å². The highest BCUT2D eigenvalue weighted by Gasteiger charge is 2.33. The van der Waals surface area contributed by atoms with Crippen molar-refractivity contribution in [3.05, 3.63) is 0 Å². The number of nitrogens with zero attached hydrogens (tertiary/aromatic N) is 1. The zero-order valence-electron chi connectivity index (χ0n) is 7.01. The second kappa shape index (κ2) is 3.61. The van der Waals surface area contributed by atoms with Crippen molar-refractivity contribution in [2.24, 2.45) is 11.7 Å². The molecule has 1 saturated heterocycles. The zero-order chi connectivity index (χ0) is 10.0. The summed E-state index contributed by atoms with van der Waals surface area (Å²) in [5.41, 5.74) is 5.52. The minimum atomic E-state index is -1.04. The fraction of sp³-hybridized carbons (Fsp3) is 0.714. The van der Waals surface area contributed by atoms with Crippen LogP contribution >= 0.6 is 0 Å². The Balaban J connectivity index is 2.56. The standard InChI is InChI=1S/C7H12N2O4/c8-5-3-9(7(12)13)2-1-4(5)6(10)11/h4-5H,1-3,8H2,(H,10,11)(H,12,13). The molecule has 4 N–H and O–H groups in total. The lowest BCUT2D eigenvalue weighted by Crippen LogP contribution is -2.52. The molecule has 1 aliphatic rings. The van der Waals surface area contributed by atoms with Crippen molar-refractivity contribution >= 4 is 12.1 Å². The van der Waals surface area contributed by atoms with E-state index in [0.29, 0.717) is 6.42 Å². The van der Waals surface area contributed by atoms with Crippen LogP contribution in [0.4, 0.5) is 4.79 Å². The topological polar surface area (TPSA) is 104 Å². The highest BCUT2D eigenvalue weighted by Crippen LogP contribution is 2.16. The number of likely N-dealkylation sites (tertiary alicyclic amines) is 1. The molecule has 6 nitrogen and oxygen atoms in total. The van der Waals surface area contributed by atoms with Crippen LogP contribution in [0.1, 0.15) is 6.42 Å². The van der Waals surface area contributed by atoms with Crippen LogP contribution < -0.4 is 5.73 Å². The molecule has 1 amide bonds. The number of amides is 1. The van der Waals surface area contributed by atoms with E-state index in [-0.39, 0.29) is 13.1 Å². The molecule has 0 aromatic heterocycles. The minimum absolute atomic E-state index is 0.103. The van der Waals surface area contributed by atoms with Crippen LogP contribution in [0.3, 0.4) is 0 Å². The molecule has 1 heterocycles. The molecule has 13 heavy (non-hydrogen) atoms. The summed E-state index contributed by atoms with van der Waals surface area (Å²) in [5.74, 6) is -1.56. The van der Waals surface area contributed by atoms with Gasteiger partial charge in [0.1, 0.15) is 0 Å². The second-order valence-electron chi connectivity index (χ2n) is 3.13. The van der Waals surface area contributed by atoms with Gasteiger partial charge in [0.2, 0.25) is 0 Å². The van der Waals surface area contributed by atoms with Gasteiger partial charge in [0.15, 0.2) is 0 Å². The van der Waals surface area contributed by atoms with E-state index in [2.05, 4.69) is 0 Å². The Kier molecular flexibility index (Phi) is 2.72.